The van der Waals surface area contributed by atoms with Crippen molar-refractivity contribution in [1.29, 1.82) is 5.26 Å². The molecule has 0 spiro atoms. The lowest BCUT2D eigenvalue weighted by atomic mass is 9.83. The van der Waals surface area contributed by atoms with Gasteiger partial charge in [0.15, 0.2) is 6.61 Å². The molecule has 1 aromatic rings. The van der Waals surface area contributed by atoms with E-state index in [0.29, 0.717) is 25.2 Å². The molecule has 2 rings (SSSR count). The van der Waals surface area contributed by atoms with Gasteiger partial charge in [-0.3, -0.25) is 4.79 Å². The summed E-state index contributed by atoms with van der Waals surface area (Å²) < 4.78 is 10.3. The average molecular weight is 368 g/mol. The fraction of sp³-hybridized carbons (Fsp3) is 0.381. The molecule has 1 amide bonds. The number of ether oxygens (including phenoxy) is 2. The summed E-state index contributed by atoms with van der Waals surface area (Å²) in [6.07, 6.45) is 8.67. The Hall–Kier alpha value is -3.07. The van der Waals surface area contributed by atoms with E-state index >= 15 is 0 Å². The Labute approximate surface area is 159 Å². The van der Waals surface area contributed by atoms with Crippen LogP contribution in [0.3, 0.4) is 0 Å². The van der Waals surface area contributed by atoms with E-state index in [1.54, 1.807) is 36.4 Å². The van der Waals surface area contributed by atoms with E-state index in [1.807, 2.05) is 0 Å². The van der Waals surface area contributed by atoms with E-state index in [4.69, 9.17) is 9.47 Å². The second kappa shape index (κ2) is 10.2. The summed E-state index contributed by atoms with van der Waals surface area (Å²) in [7, 11) is 0. The summed E-state index contributed by atoms with van der Waals surface area (Å²) in [6, 6.07) is 9.37. The van der Waals surface area contributed by atoms with Crippen LogP contribution in [0.2, 0.25) is 0 Å². The van der Waals surface area contributed by atoms with Crippen molar-refractivity contribution in [2.24, 2.45) is 0 Å². The zero-order valence-corrected chi connectivity index (χ0v) is 15.3. The van der Waals surface area contributed by atoms with E-state index in [9.17, 15) is 14.9 Å². The molecule has 1 aromatic carbocycles. The number of carbonyl (C=O) groups is 2. The van der Waals surface area contributed by atoms with Crippen LogP contribution in [-0.4, -0.2) is 30.6 Å². The van der Waals surface area contributed by atoms with Gasteiger partial charge in [-0.25, -0.2) is 4.79 Å². The van der Waals surface area contributed by atoms with Gasteiger partial charge in [-0.2, -0.15) is 5.26 Å². The number of esters is 1. The lowest BCUT2D eigenvalue weighted by molar-refractivity contribution is -0.144. The lowest BCUT2D eigenvalue weighted by Gasteiger charge is -2.31. The molecular weight excluding hydrogens is 344 g/mol. The normalized spacial score (nSPS) is 15.5. The zero-order valence-electron chi connectivity index (χ0n) is 15.3. The summed E-state index contributed by atoms with van der Waals surface area (Å²) in [4.78, 5) is 23.8. The quantitative estimate of drug-likeness (QED) is 0.433. The first kappa shape index (κ1) is 20.2. The average Bonchev–Trinajstić information content (AvgIpc) is 2.70. The minimum Gasteiger partial charge on any atom is -0.490 e. The Balaban J connectivity index is 1.78. The highest BCUT2D eigenvalue weighted by Crippen LogP contribution is 2.27. The molecule has 27 heavy (non-hydrogen) atoms. The number of nitrogens with zero attached hydrogens (tertiary/aromatic N) is 1. The lowest BCUT2D eigenvalue weighted by Crippen LogP contribution is -2.49. The minimum atomic E-state index is -0.826. The molecule has 6 nitrogen and oxygen atoms in total. The first-order valence-electron chi connectivity index (χ1n) is 8.98. The van der Waals surface area contributed by atoms with Crippen LogP contribution in [0, 0.1) is 11.3 Å². The van der Waals surface area contributed by atoms with Crippen molar-refractivity contribution in [3.05, 3.63) is 48.6 Å². The summed E-state index contributed by atoms with van der Waals surface area (Å²) in [5.41, 5.74) is -0.0273. The van der Waals surface area contributed by atoms with Gasteiger partial charge >= 0.3 is 5.97 Å². The maximum absolute atomic E-state index is 12.0. The molecule has 0 atom stereocenters. The SMILES string of the molecule is C=CCOc1ccc(C=CC(=O)OCC(=O)NC2(C#N)CCCCC2)cc1. The van der Waals surface area contributed by atoms with E-state index < -0.39 is 24.0 Å². The molecule has 1 fully saturated rings. The van der Waals surface area contributed by atoms with E-state index in [-0.39, 0.29) is 0 Å². The molecule has 0 unspecified atom stereocenters. The van der Waals surface area contributed by atoms with E-state index in [0.717, 1.165) is 24.8 Å². The number of amides is 1. The van der Waals surface area contributed by atoms with Gasteiger partial charge in [-0.05, 0) is 36.6 Å². The maximum atomic E-state index is 12.0. The van der Waals surface area contributed by atoms with Crippen LogP contribution >= 0.6 is 0 Å². The van der Waals surface area contributed by atoms with Crippen molar-refractivity contribution < 1.29 is 19.1 Å². The van der Waals surface area contributed by atoms with Gasteiger partial charge < -0.3 is 14.8 Å². The van der Waals surface area contributed by atoms with Crippen LogP contribution in [0.4, 0.5) is 0 Å². The summed E-state index contributed by atoms with van der Waals surface area (Å²) in [6.45, 7) is 3.61. The van der Waals surface area contributed by atoms with Crippen molar-refractivity contribution in [1.82, 2.24) is 5.32 Å². The first-order chi connectivity index (χ1) is 13.1. The van der Waals surface area contributed by atoms with Crippen LogP contribution in [0.1, 0.15) is 37.7 Å². The van der Waals surface area contributed by atoms with Gasteiger partial charge in [0.1, 0.15) is 17.9 Å². The number of benzene rings is 1. The third-order valence-electron chi connectivity index (χ3n) is 4.31. The van der Waals surface area contributed by atoms with Crippen LogP contribution in [0.15, 0.2) is 43.0 Å². The van der Waals surface area contributed by atoms with E-state index in [1.165, 1.54) is 6.08 Å². The fourth-order valence-electron chi connectivity index (χ4n) is 2.90. The number of rotatable bonds is 8. The van der Waals surface area contributed by atoms with Crippen LogP contribution in [0.25, 0.3) is 6.08 Å². The van der Waals surface area contributed by atoms with Crippen molar-refractivity contribution in [3.8, 4) is 11.8 Å². The molecule has 1 saturated carbocycles. The van der Waals surface area contributed by atoms with E-state index in [2.05, 4.69) is 18.0 Å². The standard InChI is InChI=1S/C21H24N2O4/c1-2-14-26-18-9-6-17(7-10-18)8-11-20(25)27-15-19(24)23-21(16-22)12-4-3-5-13-21/h2,6-11H,1,3-5,12-15H2,(H,23,24). The minimum absolute atomic E-state index is 0.402. The predicted molar refractivity (Wildman–Crippen MR) is 102 cm³/mol. The van der Waals surface area contributed by atoms with Crippen LogP contribution in [-0.2, 0) is 14.3 Å². The Kier molecular flexibility index (Phi) is 7.63. The number of carbonyl (C=O) groups excluding carboxylic acids is 2. The fourth-order valence-corrected chi connectivity index (χ4v) is 2.90. The van der Waals surface area contributed by atoms with Crippen molar-refractivity contribution >= 4 is 18.0 Å². The molecule has 0 aromatic heterocycles. The Bertz CT molecular complexity index is 726. The van der Waals surface area contributed by atoms with Crippen molar-refractivity contribution in [2.75, 3.05) is 13.2 Å². The molecule has 0 radical (unpaired) electrons. The summed E-state index contributed by atoms with van der Waals surface area (Å²) >= 11 is 0. The maximum Gasteiger partial charge on any atom is 0.331 e. The number of hydrogen-bond acceptors (Lipinski definition) is 5. The van der Waals surface area contributed by atoms with Crippen molar-refractivity contribution in [2.45, 2.75) is 37.6 Å². The van der Waals surface area contributed by atoms with Gasteiger partial charge in [0, 0.05) is 6.08 Å². The van der Waals surface area contributed by atoms with Crippen LogP contribution < -0.4 is 10.1 Å². The molecule has 0 bridgehead atoms. The molecule has 0 saturated heterocycles. The summed E-state index contributed by atoms with van der Waals surface area (Å²) in [5.74, 6) is -0.365. The van der Waals surface area contributed by atoms with Gasteiger partial charge in [-0.15, -0.1) is 0 Å². The monoisotopic (exact) mass is 368 g/mol. The second-order valence-corrected chi connectivity index (χ2v) is 6.41. The highest BCUT2D eigenvalue weighted by molar-refractivity contribution is 5.89. The number of nitrogens with one attached hydrogen (secondary N) is 1. The first-order valence-corrected chi connectivity index (χ1v) is 8.98. The number of nitriles is 1. The Morgan fingerprint density at radius 1 is 1.22 bits per heavy atom. The highest BCUT2D eigenvalue weighted by atomic mass is 16.5. The predicted octanol–water partition coefficient (Wildman–Crippen LogP) is 3.15. The molecule has 0 aliphatic heterocycles. The molecular formula is C21H24N2O4. The third kappa shape index (κ3) is 6.63. The molecule has 1 aliphatic rings. The topological polar surface area (TPSA) is 88.4 Å². The molecule has 6 heteroatoms. The third-order valence-corrected chi connectivity index (χ3v) is 4.31. The Morgan fingerprint density at radius 2 is 1.93 bits per heavy atom. The molecule has 1 aliphatic carbocycles. The highest BCUT2D eigenvalue weighted by Gasteiger charge is 2.33. The zero-order chi connectivity index (χ0) is 19.5. The van der Waals surface area contributed by atoms with Gasteiger partial charge in [-0.1, -0.05) is 44.1 Å². The largest absolute Gasteiger partial charge is 0.490 e. The van der Waals surface area contributed by atoms with Crippen LogP contribution in [0.5, 0.6) is 5.75 Å². The Morgan fingerprint density at radius 3 is 2.56 bits per heavy atom. The second-order valence-electron chi connectivity index (χ2n) is 6.41. The summed E-state index contributed by atoms with van der Waals surface area (Å²) in [5, 5.41) is 12.1. The van der Waals surface area contributed by atoms with Gasteiger partial charge in [0.25, 0.3) is 5.91 Å². The molecule has 1 N–H and O–H groups in total. The van der Waals surface area contributed by atoms with Gasteiger partial charge in [0.05, 0.1) is 6.07 Å². The number of hydrogen-bond donors (Lipinski definition) is 1. The van der Waals surface area contributed by atoms with Gasteiger partial charge in [0.2, 0.25) is 0 Å². The molecule has 0 heterocycles. The smallest absolute Gasteiger partial charge is 0.331 e. The van der Waals surface area contributed by atoms with Crippen molar-refractivity contribution in [3.63, 3.8) is 0 Å². The molecule has 142 valence electrons.